The lowest BCUT2D eigenvalue weighted by molar-refractivity contribution is 0.0845. The number of carbonyl (C=O) groups excluding carboxylic acids is 2. The van der Waals surface area contributed by atoms with Crippen molar-refractivity contribution in [1.29, 1.82) is 0 Å². The summed E-state index contributed by atoms with van der Waals surface area (Å²) in [5.41, 5.74) is 6.56. The summed E-state index contributed by atoms with van der Waals surface area (Å²) in [6.45, 7) is 0. The topological polar surface area (TPSA) is 117 Å². The summed E-state index contributed by atoms with van der Waals surface area (Å²) >= 11 is 0. The second-order valence-electron chi connectivity index (χ2n) is 7.24. The Hall–Kier alpha value is -4.07. The van der Waals surface area contributed by atoms with Gasteiger partial charge < -0.3 is 0 Å². The van der Waals surface area contributed by atoms with Crippen molar-refractivity contribution in [1.82, 2.24) is 26.0 Å². The maximum Gasteiger partial charge on any atom is 0.290 e. The van der Waals surface area contributed by atoms with Crippen molar-refractivity contribution in [3.63, 3.8) is 0 Å². The number of fused-ring (bicyclic) bond motifs is 2. The fourth-order valence-electron chi connectivity index (χ4n) is 3.50. The van der Waals surface area contributed by atoms with Crippen LogP contribution in [0.2, 0.25) is 0 Å². The number of para-hydroxylation sites is 1. The molecular formula is C22H17N5O3. The Bertz CT molecular complexity index is 1370. The Kier molecular flexibility index (Phi) is 4.24. The Balaban J connectivity index is 1.43. The van der Waals surface area contributed by atoms with Gasteiger partial charge in [0.25, 0.3) is 17.4 Å². The van der Waals surface area contributed by atoms with Gasteiger partial charge in [0, 0.05) is 22.4 Å². The van der Waals surface area contributed by atoms with Crippen molar-refractivity contribution in [3.8, 4) is 0 Å². The van der Waals surface area contributed by atoms with Crippen molar-refractivity contribution < 1.29 is 9.59 Å². The normalized spacial score (nSPS) is 13.3. The molecule has 2 aromatic carbocycles. The van der Waals surface area contributed by atoms with E-state index >= 15 is 0 Å². The molecule has 0 atom stereocenters. The van der Waals surface area contributed by atoms with Crippen LogP contribution in [-0.4, -0.2) is 27.0 Å². The number of benzene rings is 2. The van der Waals surface area contributed by atoms with E-state index in [-0.39, 0.29) is 11.3 Å². The van der Waals surface area contributed by atoms with Gasteiger partial charge in [-0.05, 0) is 31.0 Å². The number of hydrogen-bond acceptors (Lipinski definition) is 5. The molecule has 0 spiro atoms. The molecule has 3 N–H and O–H groups in total. The van der Waals surface area contributed by atoms with Gasteiger partial charge in [-0.3, -0.25) is 30.2 Å². The second kappa shape index (κ2) is 7.07. The zero-order chi connectivity index (χ0) is 20.7. The zero-order valence-electron chi connectivity index (χ0n) is 15.8. The van der Waals surface area contributed by atoms with E-state index in [1.807, 2.05) is 24.3 Å². The van der Waals surface area contributed by atoms with Crippen molar-refractivity contribution in [3.05, 3.63) is 81.9 Å². The van der Waals surface area contributed by atoms with Crippen LogP contribution in [0, 0.1) is 0 Å². The molecule has 0 unspecified atom stereocenters. The van der Waals surface area contributed by atoms with E-state index in [9.17, 15) is 14.4 Å². The van der Waals surface area contributed by atoms with Gasteiger partial charge in [-0.15, -0.1) is 0 Å². The lowest BCUT2D eigenvalue weighted by Gasteiger charge is -2.11. The number of amides is 2. The third-order valence-electron chi connectivity index (χ3n) is 5.18. The van der Waals surface area contributed by atoms with E-state index in [0.29, 0.717) is 27.6 Å². The first kappa shape index (κ1) is 18.0. The van der Waals surface area contributed by atoms with Gasteiger partial charge in [-0.2, -0.15) is 5.10 Å². The third kappa shape index (κ3) is 3.18. The predicted molar refractivity (Wildman–Crippen MR) is 111 cm³/mol. The number of nitrogens with one attached hydrogen (secondary N) is 3. The van der Waals surface area contributed by atoms with E-state index in [1.165, 1.54) is 0 Å². The number of nitrogens with zero attached hydrogens (tertiary/aromatic N) is 2. The van der Waals surface area contributed by atoms with Crippen molar-refractivity contribution in [2.24, 2.45) is 0 Å². The summed E-state index contributed by atoms with van der Waals surface area (Å²) in [6.07, 6.45) is 2.13. The molecule has 0 aliphatic heterocycles. The largest absolute Gasteiger partial charge is 0.290 e. The first-order valence-electron chi connectivity index (χ1n) is 9.59. The number of pyridine rings is 1. The minimum Gasteiger partial charge on any atom is -0.267 e. The van der Waals surface area contributed by atoms with Crippen LogP contribution in [0.1, 0.15) is 45.3 Å². The lowest BCUT2D eigenvalue weighted by Crippen LogP contribution is -2.42. The van der Waals surface area contributed by atoms with Crippen molar-refractivity contribution >= 4 is 33.5 Å². The van der Waals surface area contributed by atoms with Gasteiger partial charge in [-0.1, -0.05) is 36.4 Å². The highest BCUT2D eigenvalue weighted by atomic mass is 16.2. The Morgan fingerprint density at radius 1 is 0.900 bits per heavy atom. The molecule has 1 aliphatic carbocycles. The first-order chi connectivity index (χ1) is 14.6. The molecular weight excluding hydrogens is 382 g/mol. The summed E-state index contributed by atoms with van der Waals surface area (Å²) in [5, 5.41) is 7.60. The summed E-state index contributed by atoms with van der Waals surface area (Å²) in [4.78, 5) is 42.1. The average Bonchev–Trinajstić information content (AvgIpc) is 3.62. The molecule has 0 radical (unpaired) electrons. The maximum atomic E-state index is 12.9. The number of hydrogen-bond donors (Lipinski definition) is 3. The van der Waals surface area contributed by atoms with Gasteiger partial charge in [0.1, 0.15) is 0 Å². The van der Waals surface area contributed by atoms with E-state index < -0.39 is 11.8 Å². The van der Waals surface area contributed by atoms with Crippen molar-refractivity contribution in [2.75, 3.05) is 0 Å². The van der Waals surface area contributed by atoms with Gasteiger partial charge >= 0.3 is 0 Å². The highest BCUT2D eigenvalue weighted by molar-refractivity contribution is 6.09. The molecule has 30 heavy (non-hydrogen) atoms. The minimum absolute atomic E-state index is 0.0174. The number of hydrazine groups is 1. The highest BCUT2D eigenvalue weighted by Crippen LogP contribution is 2.40. The van der Waals surface area contributed by atoms with Gasteiger partial charge in [-0.25, -0.2) is 5.10 Å². The van der Waals surface area contributed by atoms with Gasteiger partial charge in [0.05, 0.1) is 16.5 Å². The Morgan fingerprint density at radius 2 is 1.57 bits per heavy atom. The standard InChI is InChI=1S/C22H17N5O3/c28-20-15-7-2-1-6-14(15)19(24-25-20)22(30)27-26-21(29)16-11-18(12-9-10-12)23-17-8-4-3-5-13(16)17/h1-8,11-12H,9-10H2,(H,25,28)(H,26,29)(H,27,30). The second-order valence-corrected chi connectivity index (χ2v) is 7.24. The zero-order valence-corrected chi connectivity index (χ0v) is 15.8. The molecule has 0 saturated heterocycles. The number of H-pyrrole nitrogens is 1. The van der Waals surface area contributed by atoms with Crippen LogP contribution in [0.3, 0.4) is 0 Å². The SMILES string of the molecule is O=C(NNC(=O)c1n[nH]c(=O)c2ccccc12)c1cc(C2CC2)nc2ccccc12. The fourth-order valence-corrected chi connectivity index (χ4v) is 3.50. The molecule has 1 fully saturated rings. The van der Waals surface area contributed by atoms with E-state index in [2.05, 4.69) is 26.0 Å². The number of rotatable bonds is 3. The van der Waals surface area contributed by atoms with E-state index in [0.717, 1.165) is 24.1 Å². The molecule has 148 valence electrons. The van der Waals surface area contributed by atoms with Crippen LogP contribution in [0.4, 0.5) is 0 Å². The quantitative estimate of drug-likeness (QED) is 0.458. The molecule has 4 aromatic rings. The molecule has 1 saturated carbocycles. The molecule has 8 nitrogen and oxygen atoms in total. The Morgan fingerprint density at radius 3 is 2.33 bits per heavy atom. The van der Waals surface area contributed by atoms with E-state index in [4.69, 9.17) is 0 Å². The summed E-state index contributed by atoms with van der Waals surface area (Å²) < 4.78 is 0. The van der Waals surface area contributed by atoms with Crippen LogP contribution in [0.5, 0.6) is 0 Å². The van der Waals surface area contributed by atoms with Crippen LogP contribution in [0.15, 0.2) is 59.4 Å². The molecule has 8 heteroatoms. The first-order valence-corrected chi connectivity index (χ1v) is 9.59. The smallest absolute Gasteiger partial charge is 0.267 e. The Labute approximate surface area is 170 Å². The van der Waals surface area contributed by atoms with Crippen LogP contribution >= 0.6 is 0 Å². The number of aromatic amines is 1. The van der Waals surface area contributed by atoms with Gasteiger partial charge in [0.15, 0.2) is 5.69 Å². The van der Waals surface area contributed by atoms with E-state index in [1.54, 1.807) is 30.3 Å². The maximum absolute atomic E-state index is 12.9. The summed E-state index contributed by atoms with van der Waals surface area (Å²) in [7, 11) is 0. The fraction of sp³-hybridized carbons (Fsp3) is 0.136. The minimum atomic E-state index is -0.628. The molecule has 0 bridgehead atoms. The number of carbonyl (C=O) groups is 2. The van der Waals surface area contributed by atoms with Gasteiger partial charge in [0.2, 0.25) is 0 Å². The molecule has 1 aliphatic rings. The summed E-state index contributed by atoms with van der Waals surface area (Å²) in [5.74, 6) is -0.693. The van der Waals surface area contributed by atoms with Crippen molar-refractivity contribution in [2.45, 2.75) is 18.8 Å². The molecule has 2 heterocycles. The average molecular weight is 399 g/mol. The predicted octanol–water partition coefficient (Wildman–Crippen LogP) is 2.42. The highest BCUT2D eigenvalue weighted by Gasteiger charge is 2.27. The molecule has 2 amide bonds. The lowest BCUT2D eigenvalue weighted by atomic mass is 10.1. The molecule has 2 aromatic heterocycles. The number of aromatic nitrogens is 3. The summed E-state index contributed by atoms with van der Waals surface area (Å²) in [6, 6.07) is 15.8. The van der Waals surface area contributed by atoms with Crippen LogP contribution in [-0.2, 0) is 0 Å². The van der Waals surface area contributed by atoms with Crippen LogP contribution < -0.4 is 16.4 Å². The monoisotopic (exact) mass is 399 g/mol. The molecule has 5 rings (SSSR count). The van der Waals surface area contributed by atoms with Crippen LogP contribution in [0.25, 0.3) is 21.7 Å². The third-order valence-corrected chi connectivity index (χ3v) is 5.18.